The van der Waals surface area contributed by atoms with Crippen molar-refractivity contribution in [3.8, 4) is 11.3 Å². The van der Waals surface area contributed by atoms with Gasteiger partial charge < -0.3 is 15.0 Å². The molecule has 1 aliphatic heterocycles. The van der Waals surface area contributed by atoms with Crippen molar-refractivity contribution < 1.29 is 4.74 Å². The summed E-state index contributed by atoms with van der Waals surface area (Å²) in [6.07, 6.45) is 5.17. The maximum Gasteiger partial charge on any atom is 0.148 e. The maximum atomic E-state index is 6.50. The van der Waals surface area contributed by atoms with Crippen LogP contribution in [0.1, 0.15) is 32.2 Å². The number of benzene rings is 1. The van der Waals surface area contributed by atoms with Crippen LogP contribution in [0.25, 0.3) is 11.3 Å². The zero-order valence-corrected chi connectivity index (χ0v) is 20.7. The summed E-state index contributed by atoms with van der Waals surface area (Å²) >= 11 is 12.6. The van der Waals surface area contributed by atoms with Gasteiger partial charge in [-0.3, -0.25) is 4.98 Å². The van der Waals surface area contributed by atoms with Crippen LogP contribution >= 0.6 is 23.2 Å². The van der Waals surface area contributed by atoms with Gasteiger partial charge in [0.15, 0.2) is 0 Å². The van der Waals surface area contributed by atoms with Gasteiger partial charge in [-0.05, 0) is 50.1 Å². The first-order valence-electron chi connectivity index (χ1n) is 11.4. The van der Waals surface area contributed by atoms with Crippen LogP contribution in [0.15, 0.2) is 42.7 Å². The number of aromatic nitrogens is 3. The van der Waals surface area contributed by atoms with Gasteiger partial charge in [-0.1, -0.05) is 37.0 Å². The molecule has 3 heterocycles. The van der Waals surface area contributed by atoms with Crippen LogP contribution in [0, 0.1) is 0 Å². The minimum atomic E-state index is 0.0464. The predicted molar refractivity (Wildman–Crippen MR) is 136 cm³/mol. The molecule has 1 N–H and O–H groups in total. The fourth-order valence-corrected chi connectivity index (χ4v) is 4.75. The lowest BCUT2D eigenvalue weighted by Crippen LogP contribution is -2.35. The van der Waals surface area contributed by atoms with Gasteiger partial charge in [0, 0.05) is 48.4 Å². The highest BCUT2D eigenvalue weighted by atomic mass is 35.5. The Morgan fingerprint density at radius 2 is 1.76 bits per heavy atom. The van der Waals surface area contributed by atoms with Crippen molar-refractivity contribution in [1.82, 2.24) is 15.0 Å². The number of hydrogen-bond acceptors (Lipinski definition) is 6. The van der Waals surface area contributed by atoms with E-state index >= 15 is 0 Å². The SMILES string of the molecule is CCO[C@H]1CN(c2ccncc2)C[C@H]1Nc1nc(CC)c(-c2ccc(Cl)cc2Cl)nc1CC. The van der Waals surface area contributed by atoms with E-state index in [1.54, 1.807) is 6.07 Å². The van der Waals surface area contributed by atoms with E-state index in [9.17, 15) is 0 Å². The van der Waals surface area contributed by atoms with Crippen LogP contribution in [-0.2, 0) is 17.6 Å². The molecule has 1 fully saturated rings. The molecule has 0 spiro atoms. The lowest BCUT2D eigenvalue weighted by molar-refractivity contribution is 0.0719. The molecule has 1 saturated heterocycles. The third kappa shape index (κ3) is 5.24. The van der Waals surface area contributed by atoms with E-state index in [0.717, 1.165) is 60.1 Å². The minimum absolute atomic E-state index is 0.0464. The van der Waals surface area contributed by atoms with Gasteiger partial charge in [-0.2, -0.15) is 0 Å². The molecule has 0 unspecified atom stereocenters. The summed E-state index contributed by atoms with van der Waals surface area (Å²) in [6.45, 7) is 8.48. The van der Waals surface area contributed by atoms with Crippen molar-refractivity contribution in [2.45, 2.75) is 45.8 Å². The van der Waals surface area contributed by atoms with Crippen molar-refractivity contribution in [3.63, 3.8) is 0 Å². The second kappa shape index (κ2) is 10.7. The van der Waals surface area contributed by atoms with E-state index in [1.807, 2.05) is 43.6 Å². The number of halogens is 2. The maximum absolute atomic E-state index is 6.50. The Balaban J connectivity index is 1.65. The van der Waals surface area contributed by atoms with Crippen molar-refractivity contribution in [1.29, 1.82) is 0 Å². The van der Waals surface area contributed by atoms with Crippen LogP contribution < -0.4 is 10.2 Å². The highest BCUT2D eigenvalue weighted by Crippen LogP contribution is 2.33. The second-order valence-electron chi connectivity index (χ2n) is 8.00. The average Bonchev–Trinajstić information content (AvgIpc) is 3.22. The summed E-state index contributed by atoms with van der Waals surface area (Å²) < 4.78 is 6.09. The first-order valence-corrected chi connectivity index (χ1v) is 12.2. The number of rotatable bonds is 8. The zero-order chi connectivity index (χ0) is 23.4. The quantitative estimate of drug-likeness (QED) is 0.442. The molecule has 8 heteroatoms. The Morgan fingerprint density at radius 3 is 2.42 bits per heavy atom. The van der Waals surface area contributed by atoms with Gasteiger partial charge in [0.1, 0.15) is 5.82 Å². The van der Waals surface area contributed by atoms with Crippen molar-refractivity contribution >= 4 is 34.7 Å². The predicted octanol–water partition coefficient (Wildman–Crippen LogP) is 5.68. The summed E-state index contributed by atoms with van der Waals surface area (Å²) in [7, 11) is 0. The number of pyridine rings is 1. The number of nitrogens with one attached hydrogen (secondary N) is 1. The molecule has 1 aliphatic rings. The first-order chi connectivity index (χ1) is 16.0. The molecule has 0 saturated carbocycles. The number of hydrogen-bond donors (Lipinski definition) is 1. The molecular weight excluding hydrogens is 457 g/mol. The van der Waals surface area contributed by atoms with E-state index in [1.165, 1.54) is 0 Å². The van der Waals surface area contributed by atoms with E-state index in [4.69, 9.17) is 37.9 Å². The molecule has 0 amide bonds. The number of anilines is 2. The van der Waals surface area contributed by atoms with Crippen LogP contribution in [0.3, 0.4) is 0 Å². The summed E-state index contributed by atoms with van der Waals surface area (Å²) in [5, 5.41) is 4.84. The first kappa shape index (κ1) is 23.7. The highest BCUT2D eigenvalue weighted by Gasteiger charge is 2.34. The fraction of sp³-hybridized carbons (Fsp3) is 0.400. The molecule has 174 valence electrons. The Hall–Kier alpha value is -2.41. The van der Waals surface area contributed by atoms with Gasteiger partial charge >= 0.3 is 0 Å². The molecule has 2 atom stereocenters. The van der Waals surface area contributed by atoms with Crippen LogP contribution in [-0.4, -0.2) is 46.8 Å². The van der Waals surface area contributed by atoms with Crippen molar-refractivity contribution in [2.75, 3.05) is 29.9 Å². The lowest BCUT2D eigenvalue weighted by atomic mass is 10.1. The van der Waals surface area contributed by atoms with Gasteiger partial charge in [0.05, 0.1) is 34.3 Å². The molecule has 3 aromatic rings. The summed E-state index contributed by atoms with van der Waals surface area (Å²) in [5.41, 5.74) is 4.61. The second-order valence-corrected chi connectivity index (χ2v) is 8.84. The normalized spacial score (nSPS) is 18.0. The van der Waals surface area contributed by atoms with Gasteiger partial charge in [-0.15, -0.1) is 0 Å². The average molecular weight is 486 g/mol. The molecule has 0 bridgehead atoms. The van der Waals surface area contributed by atoms with Crippen LogP contribution in [0.2, 0.25) is 10.0 Å². The Morgan fingerprint density at radius 1 is 1.00 bits per heavy atom. The Kier molecular flexibility index (Phi) is 7.68. The molecular formula is C25H29Cl2N5O. The fourth-order valence-electron chi connectivity index (χ4n) is 4.25. The molecule has 1 aromatic carbocycles. The monoisotopic (exact) mass is 485 g/mol. The standard InChI is InChI=1S/C25H29Cl2N5O/c1-4-20-24(18-8-7-16(26)13-19(18)27)29-21(5-2)25(30-20)31-22-14-32(15-23(22)33-6-3)17-9-11-28-12-10-17/h7-13,22-23H,4-6,14-15H2,1-3H3,(H,30,31)/t22-,23+/m1/s1. The zero-order valence-electron chi connectivity index (χ0n) is 19.2. The van der Waals surface area contributed by atoms with Crippen molar-refractivity contribution in [3.05, 3.63) is 64.2 Å². The van der Waals surface area contributed by atoms with Crippen molar-refractivity contribution in [2.24, 2.45) is 0 Å². The summed E-state index contributed by atoms with van der Waals surface area (Å²) in [6, 6.07) is 9.64. The van der Waals surface area contributed by atoms with Crippen LogP contribution in [0.4, 0.5) is 11.5 Å². The molecule has 2 aromatic heterocycles. The molecule has 4 rings (SSSR count). The van der Waals surface area contributed by atoms with Gasteiger partial charge in [0.2, 0.25) is 0 Å². The minimum Gasteiger partial charge on any atom is -0.374 e. The van der Waals surface area contributed by atoms with E-state index < -0.39 is 0 Å². The molecule has 33 heavy (non-hydrogen) atoms. The molecule has 0 radical (unpaired) electrons. The molecule has 0 aliphatic carbocycles. The lowest BCUT2D eigenvalue weighted by Gasteiger charge is -2.22. The Bertz CT molecular complexity index is 1100. The topological polar surface area (TPSA) is 63.2 Å². The number of aryl methyl sites for hydroxylation is 2. The largest absolute Gasteiger partial charge is 0.374 e. The number of ether oxygens (including phenoxy) is 1. The van der Waals surface area contributed by atoms with E-state index in [0.29, 0.717) is 16.7 Å². The third-order valence-electron chi connectivity index (χ3n) is 5.89. The highest BCUT2D eigenvalue weighted by molar-refractivity contribution is 6.36. The van der Waals surface area contributed by atoms with E-state index in [2.05, 4.69) is 29.0 Å². The van der Waals surface area contributed by atoms with Gasteiger partial charge in [0.25, 0.3) is 0 Å². The van der Waals surface area contributed by atoms with Crippen LogP contribution in [0.5, 0.6) is 0 Å². The van der Waals surface area contributed by atoms with E-state index in [-0.39, 0.29) is 12.1 Å². The smallest absolute Gasteiger partial charge is 0.148 e. The number of nitrogens with zero attached hydrogens (tertiary/aromatic N) is 4. The van der Waals surface area contributed by atoms with Gasteiger partial charge in [-0.25, -0.2) is 9.97 Å². The summed E-state index contributed by atoms with van der Waals surface area (Å²) in [5.74, 6) is 0.814. The third-order valence-corrected chi connectivity index (χ3v) is 6.44. The molecule has 6 nitrogen and oxygen atoms in total. The summed E-state index contributed by atoms with van der Waals surface area (Å²) in [4.78, 5) is 16.5. The Labute approximate surface area is 205 Å².